The monoisotopic (exact) mass is 177 g/mol. The second-order valence-corrected chi connectivity index (χ2v) is 2.90. The molecule has 0 bridgehead atoms. The van der Waals surface area contributed by atoms with E-state index in [0.29, 0.717) is 6.42 Å². The van der Waals surface area contributed by atoms with E-state index < -0.39 is 0 Å². The Bertz CT molecular complexity index is 74.0. The van der Waals surface area contributed by atoms with Gasteiger partial charge in [0.15, 0.2) is 0 Å². The summed E-state index contributed by atoms with van der Waals surface area (Å²) in [6.45, 7) is 5.56. The summed E-state index contributed by atoms with van der Waals surface area (Å²) >= 11 is 0. The van der Waals surface area contributed by atoms with Gasteiger partial charge in [-0.05, 0) is 19.3 Å². The molecule has 0 aliphatic heterocycles. The van der Waals surface area contributed by atoms with E-state index in [-0.39, 0.29) is 44.0 Å². The minimum atomic E-state index is -0.387. The zero-order valence-electron chi connectivity index (χ0n) is 6.91. The van der Waals surface area contributed by atoms with Gasteiger partial charge in [0.2, 0.25) is 0 Å². The van der Waals surface area contributed by atoms with Gasteiger partial charge in [-0.15, -0.1) is 0 Å². The molecule has 0 heterocycles. The number of hydrogen-bond acceptors (Lipinski definition) is 2. The molecule has 0 fully saturated rings. The van der Waals surface area contributed by atoms with Gasteiger partial charge in [-0.3, -0.25) is 0 Å². The first-order valence-electron chi connectivity index (χ1n) is 3.40. The summed E-state index contributed by atoms with van der Waals surface area (Å²) in [5.41, 5.74) is 0. The SMILES string of the molecule is CC(O)CC(O)C(C)C.[Sc]. The number of aliphatic hydroxyl groups excluding tert-OH is 2. The fraction of sp³-hybridized carbons (Fsp3) is 1.00. The standard InChI is InChI=1S/C7H16O2.Sc/c1-5(2)7(9)4-6(3)8;/h5-9H,4H2,1-3H3;. The number of aliphatic hydroxyl groups is 2. The molecule has 0 spiro atoms. The van der Waals surface area contributed by atoms with Gasteiger partial charge in [0, 0.05) is 25.8 Å². The summed E-state index contributed by atoms with van der Waals surface area (Å²) in [5.74, 6) is 0.250. The molecule has 2 unspecified atom stereocenters. The molecule has 0 aromatic rings. The molecule has 2 nitrogen and oxygen atoms in total. The van der Waals surface area contributed by atoms with Gasteiger partial charge < -0.3 is 10.2 Å². The van der Waals surface area contributed by atoms with Crippen molar-refractivity contribution in [2.24, 2.45) is 5.92 Å². The molecule has 0 saturated heterocycles. The second-order valence-electron chi connectivity index (χ2n) is 2.90. The van der Waals surface area contributed by atoms with Crippen LogP contribution in [-0.4, -0.2) is 22.4 Å². The Morgan fingerprint density at radius 2 is 1.50 bits per heavy atom. The van der Waals surface area contributed by atoms with E-state index in [1.807, 2.05) is 13.8 Å². The zero-order chi connectivity index (χ0) is 7.44. The maximum absolute atomic E-state index is 9.14. The maximum atomic E-state index is 9.14. The normalized spacial score (nSPS) is 16.2. The first kappa shape index (κ1) is 13.4. The van der Waals surface area contributed by atoms with Crippen molar-refractivity contribution >= 4 is 0 Å². The third kappa shape index (κ3) is 6.90. The van der Waals surface area contributed by atoms with E-state index in [2.05, 4.69) is 0 Å². The average Bonchev–Trinajstić information content (AvgIpc) is 1.63. The smallest absolute Gasteiger partial charge is 0.0587 e. The summed E-state index contributed by atoms with van der Waals surface area (Å²) < 4.78 is 0. The predicted molar refractivity (Wildman–Crippen MR) is 37.1 cm³/mol. The minimum absolute atomic E-state index is 0. The van der Waals surface area contributed by atoms with Gasteiger partial charge in [-0.1, -0.05) is 13.8 Å². The summed E-state index contributed by atoms with van der Waals surface area (Å²) in [4.78, 5) is 0. The third-order valence-corrected chi connectivity index (χ3v) is 1.35. The van der Waals surface area contributed by atoms with Gasteiger partial charge >= 0.3 is 0 Å². The number of hydrogen-bond donors (Lipinski definition) is 2. The first-order chi connectivity index (χ1) is 4.04. The minimum Gasteiger partial charge on any atom is -0.393 e. The van der Waals surface area contributed by atoms with Crippen molar-refractivity contribution in [2.45, 2.75) is 39.4 Å². The topological polar surface area (TPSA) is 40.5 Å². The molecule has 1 radical (unpaired) electrons. The average molecular weight is 177 g/mol. The van der Waals surface area contributed by atoms with Gasteiger partial charge in [0.1, 0.15) is 0 Å². The van der Waals surface area contributed by atoms with Gasteiger partial charge in [0.25, 0.3) is 0 Å². The fourth-order valence-corrected chi connectivity index (χ4v) is 0.622. The molecular formula is C7H16O2Sc. The molecule has 0 saturated carbocycles. The molecule has 10 heavy (non-hydrogen) atoms. The molecule has 0 aliphatic rings. The van der Waals surface area contributed by atoms with Crippen molar-refractivity contribution in [1.82, 2.24) is 0 Å². The fourth-order valence-electron chi connectivity index (χ4n) is 0.622. The Morgan fingerprint density at radius 3 is 1.60 bits per heavy atom. The van der Waals surface area contributed by atoms with E-state index in [1.165, 1.54) is 0 Å². The second kappa shape index (κ2) is 6.50. The quantitative estimate of drug-likeness (QED) is 0.668. The molecular weight excluding hydrogens is 161 g/mol. The molecule has 59 valence electrons. The molecule has 0 aromatic carbocycles. The van der Waals surface area contributed by atoms with Gasteiger partial charge in [-0.2, -0.15) is 0 Å². The van der Waals surface area contributed by atoms with E-state index in [1.54, 1.807) is 6.92 Å². The van der Waals surface area contributed by atoms with Crippen LogP contribution in [0.25, 0.3) is 0 Å². The van der Waals surface area contributed by atoms with Gasteiger partial charge in [-0.25, -0.2) is 0 Å². The summed E-state index contributed by atoms with van der Waals surface area (Å²) in [5, 5.41) is 17.9. The Hall–Kier alpha value is 0.790. The molecule has 0 aromatic heterocycles. The van der Waals surface area contributed by atoms with Crippen LogP contribution in [0.15, 0.2) is 0 Å². The molecule has 2 atom stereocenters. The van der Waals surface area contributed by atoms with Crippen LogP contribution in [0.3, 0.4) is 0 Å². The summed E-state index contributed by atoms with van der Waals surface area (Å²) in [6.07, 6.45) is -0.259. The third-order valence-electron chi connectivity index (χ3n) is 1.35. The molecule has 0 aliphatic carbocycles. The van der Waals surface area contributed by atoms with Gasteiger partial charge in [0.05, 0.1) is 12.2 Å². The van der Waals surface area contributed by atoms with Crippen LogP contribution in [0.1, 0.15) is 27.2 Å². The van der Waals surface area contributed by atoms with Crippen LogP contribution < -0.4 is 0 Å². The van der Waals surface area contributed by atoms with Crippen molar-refractivity contribution in [1.29, 1.82) is 0 Å². The van der Waals surface area contributed by atoms with Crippen LogP contribution in [0.2, 0.25) is 0 Å². The zero-order valence-corrected chi connectivity index (χ0v) is 8.71. The summed E-state index contributed by atoms with van der Waals surface area (Å²) in [7, 11) is 0. The molecule has 3 heteroatoms. The van der Waals surface area contributed by atoms with E-state index in [4.69, 9.17) is 10.2 Å². The van der Waals surface area contributed by atoms with Crippen LogP contribution in [-0.2, 0) is 25.8 Å². The van der Waals surface area contributed by atoms with Crippen LogP contribution in [0.4, 0.5) is 0 Å². The van der Waals surface area contributed by atoms with E-state index >= 15 is 0 Å². The maximum Gasteiger partial charge on any atom is 0.0587 e. The van der Waals surface area contributed by atoms with E-state index in [9.17, 15) is 0 Å². The van der Waals surface area contributed by atoms with Crippen molar-refractivity contribution < 1.29 is 36.1 Å². The summed E-state index contributed by atoms with van der Waals surface area (Å²) in [6, 6.07) is 0. The largest absolute Gasteiger partial charge is 0.393 e. The van der Waals surface area contributed by atoms with Crippen LogP contribution in [0, 0.1) is 5.92 Å². The Morgan fingerprint density at radius 1 is 1.10 bits per heavy atom. The molecule has 0 rings (SSSR count). The molecule has 2 N–H and O–H groups in total. The van der Waals surface area contributed by atoms with Crippen molar-refractivity contribution in [3.8, 4) is 0 Å². The Balaban J connectivity index is 0. The Labute approximate surface area is 81.4 Å². The van der Waals surface area contributed by atoms with Crippen LogP contribution in [0.5, 0.6) is 0 Å². The number of rotatable bonds is 3. The van der Waals surface area contributed by atoms with Crippen molar-refractivity contribution in [3.63, 3.8) is 0 Å². The molecule has 0 amide bonds. The first-order valence-corrected chi connectivity index (χ1v) is 3.40. The predicted octanol–water partition coefficient (Wildman–Crippen LogP) is 0.772. The van der Waals surface area contributed by atoms with Crippen molar-refractivity contribution in [2.75, 3.05) is 0 Å². The van der Waals surface area contributed by atoms with Crippen molar-refractivity contribution in [3.05, 3.63) is 0 Å². The van der Waals surface area contributed by atoms with Crippen LogP contribution >= 0.6 is 0 Å². The van der Waals surface area contributed by atoms with E-state index in [0.717, 1.165) is 0 Å². The Kier molecular flexibility index (Phi) is 8.70.